The van der Waals surface area contributed by atoms with Crippen LogP contribution in [0.3, 0.4) is 0 Å². The third-order valence-corrected chi connectivity index (χ3v) is 4.61. The van der Waals surface area contributed by atoms with Gasteiger partial charge in [0, 0.05) is 7.05 Å². The Kier molecular flexibility index (Phi) is 6.52. The van der Waals surface area contributed by atoms with Crippen molar-refractivity contribution in [2.45, 2.75) is 32.2 Å². The Morgan fingerprint density at radius 3 is 2.28 bits per heavy atom. The minimum absolute atomic E-state index is 0.0306. The van der Waals surface area contributed by atoms with Gasteiger partial charge in [0.05, 0.1) is 18.4 Å². The first-order chi connectivity index (χ1) is 11.9. The zero-order valence-corrected chi connectivity index (χ0v) is 14.3. The molecule has 1 aliphatic carbocycles. The highest BCUT2D eigenvalue weighted by Gasteiger charge is 2.37. The summed E-state index contributed by atoms with van der Waals surface area (Å²) in [5.41, 5.74) is 0.769. The lowest BCUT2D eigenvalue weighted by Crippen LogP contribution is -2.45. The second-order valence-electron chi connectivity index (χ2n) is 6.47. The number of nitrogens with zero attached hydrogens (tertiary/aromatic N) is 2. The number of hydrogen-bond donors (Lipinski definition) is 2. The van der Waals surface area contributed by atoms with E-state index in [0.29, 0.717) is 17.9 Å². The van der Waals surface area contributed by atoms with Crippen molar-refractivity contribution in [3.63, 3.8) is 0 Å². The minimum atomic E-state index is -0.967. The molecule has 2 amide bonds. The van der Waals surface area contributed by atoms with Crippen molar-refractivity contribution in [1.29, 1.82) is 0 Å². The van der Waals surface area contributed by atoms with Gasteiger partial charge in [-0.3, -0.25) is 19.6 Å². The molecule has 2 N–H and O–H groups in total. The topological polar surface area (TPSA) is 98.2 Å². The summed E-state index contributed by atoms with van der Waals surface area (Å²) in [6.07, 6.45) is 2.60. The summed E-state index contributed by atoms with van der Waals surface area (Å²) < 4.78 is 0. The van der Waals surface area contributed by atoms with Crippen molar-refractivity contribution < 1.29 is 24.7 Å². The second-order valence-corrected chi connectivity index (χ2v) is 6.47. The molecular formula is C18H24N2O5. The van der Waals surface area contributed by atoms with Gasteiger partial charge in [0.1, 0.15) is 6.54 Å². The van der Waals surface area contributed by atoms with Crippen molar-refractivity contribution >= 4 is 17.8 Å². The van der Waals surface area contributed by atoms with Gasteiger partial charge in [-0.25, -0.2) is 5.06 Å². The number of aliphatic carboxylic acids is 1. The molecular weight excluding hydrogens is 324 g/mol. The molecule has 0 aliphatic heterocycles. The van der Waals surface area contributed by atoms with E-state index in [9.17, 15) is 24.7 Å². The number of hydrogen-bond acceptors (Lipinski definition) is 4. The number of carboxylic acids is 1. The number of carbonyl (C=O) groups is 3. The molecule has 1 saturated carbocycles. The summed E-state index contributed by atoms with van der Waals surface area (Å²) in [7, 11) is 1.46. The Bertz CT molecular complexity index is 619. The van der Waals surface area contributed by atoms with Gasteiger partial charge in [0.15, 0.2) is 0 Å². The highest BCUT2D eigenvalue weighted by Crippen LogP contribution is 2.31. The number of amides is 2. The quantitative estimate of drug-likeness (QED) is 0.603. The fourth-order valence-corrected chi connectivity index (χ4v) is 3.21. The van der Waals surface area contributed by atoms with Gasteiger partial charge < -0.3 is 10.0 Å². The second kappa shape index (κ2) is 8.62. The lowest BCUT2D eigenvalue weighted by atomic mass is 9.78. The maximum Gasteiger partial charge on any atom is 0.307 e. The lowest BCUT2D eigenvalue weighted by molar-refractivity contribution is -0.170. The van der Waals surface area contributed by atoms with Crippen LogP contribution in [-0.2, 0) is 20.9 Å². The maximum absolute atomic E-state index is 12.5. The molecule has 7 nitrogen and oxygen atoms in total. The molecule has 2 rings (SSSR count). The predicted molar refractivity (Wildman–Crippen MR) is 89.5 cm³/mol. The molecule has 0 radical (unpaired) electrons. The van der Waals surface area contributed by atoms with E-state index in [1.165, 1.54) is 11.9 Å². The van der Waals surface area contributed by atoms with Crippen molar-refractivity contribution in [2.75, 3.05) is 13.6 Å². The average molecular weight is 348 g/mol. The van der Waals surface area contributed by atoms with Crippen molar-refractivity contribution in [3.8, 4) is 0 Å². The minimum Gasteiger partial charge on any atom is -0.481 e. The van der Waals surface area contributed by atoms with E-state index in [0.717, 1.165) is 18.4 Å². The van der Waals surface area contributed by atoms with E-state index in [1.54, 1.807) is 24.3 Å². The number of hydroxylamine groups is 2. The van der Waals surface area contributed by atoms with Crippen molar-refractivity contribution in [2.24, 2.45) is 11.8 Å². The molecule has 25 heavy (non-hydrogen) atoms. The molecule has 0 unspecified atom stereocenters. The van der Waals surface area contributed by atoms with Gasteiger partial charge in [-0.15, -0.1) is 0 Å². The molecule has 7 heteroatoms. The first-order valence-corrected chi connectivity index (χ1v) is 8.41. The normalized spacial score (nSPS) is 19.9. The Balaban J connectivity index is 1.93. The molecule has 0 saturated heterocycles. The van der Waals surface area contributed by atoms with E-state index in [1.807, 2.05) is 6.07 Å². The molecule has 1 fully saturated rings. The molecule has 0 spiro atoms. The van der Waals surface area contributed by atoms with Crippen LogP contribution < -0.4 is 0 Å². The van der Waals surface area contributed by atoms with Gasteiger partial charge in [0.25, 0.3) is 5.91 Å². The van der Waals surface area contributed by atoms with Crippen LogP contribution in [0.25, 0.3) is 0 Å². The van der Waals surface area contributed by atoms with E-state index >= 15 is 0 Å². The monoisotopic (exact) mass is 348 g/mol. The van der Waals surface area contributed by atoms with Gasteiger partial charge in [-0.2, -0.15) is 0 Å². The third kappa shape index (κ3) is 5.03. The molecule has 1 aromatic carbocycles. The Morgan fingerprint density at radius 1 is 1.08 bits per heavy atom. The fourth-order valence-electron chi connectivity index (χ4n) is 3.21. The van der Waals surface area contributed by atoms with Crippen LogP contribution >= 0.6 is 0 Å². The van der Waals surface area contributed by atoms with Crippen molar-refractivity contribution in [3.05, 3.63) is 35.9 Å². The summed E-state index contributed by atoms with van der Waals surface area (Å²) in [4.78, 5) is 37.2. The number of carboxylic acid groups (broad SMARTS) is 1. The largest absolute Gasteiger partial charge is 0.481 e. The zero-order valence-electron chi connectivity index (χ0n) is 14.3. The Hall–Kier alpha value is -2.41. The predicted octanol–water partition coefficient (Wildman–Crippen LogP) is 1.75. The van der Waals surface area contributed by atoms with Crippen LogP contribution in [0.2, 0.25) is 0 Å². The van der Waals surface area contributed by atoms with Crippen LogP contribution in [0, 0.1) is 11.8 Å². The van der Waals surface area contributed by atoms with E-state index in [-0.39, 0.29) is 19.0 Å². The summed E-state index contributed by atoms with van der Waals surface area (Å²) in [6, 6.07) is 9.01. The SMILES string of the molecule is CN(CC(=O)N(O)Cc1ccccc1)C(=O)[C@@H]1CCCC[C@@H]1C(=O)O. The number of carbonyl (C=O) groups excluding carboxylic acids is 2. The molecule has 2 atom stereocenters. The Labute approximate surface area is 146 Å². The van der Waals surface area contributed by atoms with Gasteiger partial charge in [-0.1, -0.05) is 43.2 Å². The molecule has 1 aliphatic rings. The van der Waals surface area contributed by atoms with Gasteiger partial charge >= 0.3 is 5.97 Å². The smallest absolute Gasteiger partial charge is 0.307 e. The summed E-state index contributed by atoms with van der Waals surface area (Å²) in [6.45, 7) is -0.256. The first kappa shape index (κ1) is 18.9. The maximum atomic E-state index is 12.5. The highest BCUT2D eigenvalue weighted by molar-refractivity contribution is 5.88. The summed E-state index contributed by atoms with van der Waals surface area (Å²) in [5, 5.41) is 19.8. The van der Waals surface area contributed by atoms with Crippen LogP contribution in [-0.4, -0.2) is 51.7 Å². The number of likely N-dealkylation sites (N-methyl/N-ethyl adjacent to an activating group) is 1. The Morgan fingerprint density at radius 2 is 1.68 bits per heavy atom. The zero-order chi connectivity index (χ0) is 18.4. The van der Waals surface area contributed by atoms with E-state index in [4.69, 9.17) is 0 Å². The summed E-state index contributed by atoms with van der Waals surface area (Å²) >= 11 is 0. The molecule has 0 heterocycles. The fraction of sp³-hybridized carbons (Fsp3) is 0.500. The standard InChI is InChI=1S/C18H24N2O5/c1-19(17(22)14-9-5-6-10-15(14)18(23)24)12-16(21)20(25)11-13-7-3-2-4-8-13/h2-4,7-8,14-15,25H,5-6,9-12H2,1H3,(H,23,24)/t14-,15+/m1/s1. The number of rotatable bonds is 6. The van der Waals surface area contributed by atoms with Gasteiger partial charge in [0.2, 0.25) is 5.91 Å². The average Bonchev–Trinajstić information content (AvgIpc) is 2.61. The number of benzene rings is 1. The van der Waals surface area contributed by atoms with E-state index < -0.39 is 23.7 Å². The molecule has 0 bridgehead atoms. The highest BCUT2D eigenvalue weighted by atomic mass is 16.5. The van der Waals surface area contributed by atoms with E-state index in [2.05, 4.69) is 0 Å². The van der Waals surface area contributed by atoms with Crippen LogP contribution in [0.4, 0.5) is 0 Å². The first-order valence-electron chi connectivity index (χ1n) is 8.41. The summed E-state index contributed by atoms with van der Waals surface area (Å²) in [5.74, 6) is -3.24. The van der Waals surface area contributed by atoms with Crippen molar-refractivity contribution in [1.82, 2.24) is 9.96 Å². The van der Waals surface area contributed by atoms with Crippen LogP contribution in [0.5, 0.6) is 0 Å². The third-order valence-electron chi connectivity index (χ3n) is 4.61. The molecule has 0 aromatic heterocycles. The van der Waals surface area contributed by atoms with Gasteiger partial charge in [-0.05, 0) is 18.4 Å². The molecule has 1 aromatic rings. The van der Waals surface area contributed by atoms with Crippen LogP contribution in [0.15, 0.2) is 30.3 Å². The lowest BCUT2D eigenvalue weighted by Gasteiger charge is -2.31. The van der Waals surface area contributed by atoms with Crippen LogP contribution in [0.1, 0.15) is 31.2 Å². The molecule has 136 valence electrons.